The zero-order chi connectivity index (χ0) is 29.9. The minimum absolute atomic E-state index is 0. The van der Waals surface area contributed by atoms with Crippen molar-refractivity contribution in [3.05, 3.63) is 51.8 Å². The number of ketones is 1. The minimum atomic E-state index is -1.21. The number of carboxylic acid groups (broad SMARTS) is 1. The van der Waals surface area contributed by atoms with E-state index < -0.39 is 34.9 Å². The van der Waals surface area contributed by atoms with Crippen LogP contribution < -0.4 is 19.5 Å². The number of amides is 1. The van der Waals surface area contributed by atoms with Gasteiger partial charge in [-0.2, -0.15) is 0 Å². The van der Waals surface area contributed by atoms with Crippen molar-refractivity contribution < 1.29 is 38.1 Å². The summed E-state index contributed by atoms with van der Waals surface area (Å²) in [6.45, 7) is 10.8. The van der Waals surface area contributed by atoms with E-state index in [-0.39, 0.29) is 76.5 Å². The second-order valence-electron chi connectivity index (χ2n) is 10.4. The van der Waals surface area contributed by atoms with Gasteiger partial charge in [-0.25, -0.2) is 4.39 Å². The van der Waals surface area contributed by atoms with Gasteiger partial charge in [0.15, 0.2) is 23.1 Å². The van der Waals surface area contributed by atoms with Crippen molar-refractivity contribution in [2.45, 2.75) is 59.5 Å². The van der Waals surface area contributed by atoms with Gasteiger partial charge in [0.05, 0.1) is 38.0 Å². The van der Waals surface area contributed by atoms with Crippen molar-refractivity contribution in [2.24, 2.45) is 0 Å². The van der Waals surface area contributed by atoms with Crippen molar-refractivity contribution in [1.82, 2.24) is 10.2 Å². The molecular weight excluding hydrogens is 601 g/mol. The van der Waals surface area contributed by atoms with E-state index in [1.165, 1.54) is 25.0 Å². The van der Waals surface area contributed by atoms with Crippen LogP contribution in [-0.2, 0) is 16.8 Å². The molecule has 3 N–H and O–H groups in total. The van der Waals surface area contributed by atoms with E-state index in [4.69, 9.17) is 19.6 Å². The topological polar surface area (TPSA) is 138 Å². The van der Waals surface area contributed by atoms with Crippen LogP contribution in [0.4, 0.5) is 4.39 Å². The first kappa shape index (κ1) is 33.5. The SMILES string of the molecule is Br.CCOc1cc2c(c(F)c1OCC)C(=N)N(CC(=O)c1cc(C(=O)NC(C)C(=O)O)c(OC)c(C(C)(C)C)c1)C2. The highest BCUT2D eigenvalue weighted by Gasteiger charge is 2.34. The molecule has 1 amide bonds. The fourth-order valence-corrected chi connectivity index (χ4v) is 4.49. The average molecular weight is 639 g/mol. The average Bonchev–Trinajstić information content (AvgIpc) is 3.19. The molecule has 0 fully saturated rings. The highest BCUT2D eigenvalue weighted by Crippen LogP contribution is 2.39. The van der Waals surface area contributed by atoms with Gasteiger partial charge in [0.1, 0.15) is 17.6 Å². The van der Waals surface area contributed by atoms with Crippen LogP contribution in [0.15, 0.2) is 18.2 Å². The molecule has 0 saturated carbocycles. The van der Waals surface area contributed by atoms with Gasteiger partial charge in [-0.3, -0.25) is 19.8 Å². The Labute approximate surface area is 249 Å². The number of amidine groups is 1. The van der Waals surface area contributed by atoms with Gasteiger partial charge in [0, 0.05) is 17.7 Å². The molecule has 10 nitrogen and oxygen atoms in total. The third-order valence-corrected chi connectivity index (χ3v) is 6.49. The van der Waals surface area contributed by atoms with Crippen LogP contribution in [0, 0.1) is 11.2 Å². The summed E-state index contributed by atoms with van der Waals surface area (Å²) in [6, 6.07) is 3.44. The summed E-state index contributed by atoms with van der Waals surface area (Å²) < 4.78 is 32.0. The molecule has 0 spiro atoms. The maximum atomic E-state index is 15.4. The van der Waals surface area contributed by atoms with Gasteiger partial charge in [0.25, 0.3) is 5.91 Å². The summed E-state index contributed by atoms with van der Waals surface area (Å²) in [4.78, 5) is 39.4. The maximum absolute atomic E-state index is 15.4. The lowest BCUT2D eigenvalue weighted by Gasteiger charge is -2.25. The Bertz CT molecular complexity index is 1360. The van der Waals surface area contributed by atoms with E-state index in [1.807, 2.05) is 20.8 Å². The number of carbonyl (C=O) groups excluding carboxylic acids is 2. The van der Waals surface area contributed by atoms with E-state index >= 15 is 4.39 Å². The number of fused-ring (bicyclic) bond motifs is 1. The van der Waals surface area contributed by atoms with Gasteiger partial charge in [-0.15, -0.1) is 17.0 Å². The quantitative estimate of drug-likeness (QED) is 0.301. The Kier molecular flexibility index (Phi) is 10.9. The number of methoxy groups -OCH3 is 1. The van der Waals surface area contributed by atoms with Crippen LogP contribution in [0.1, 0.15) is 78.9 Å². The molecule has 0 bridgehead atoms. The number of carbonyl (C=O) groups is 3. The van der Waals surface area contributed by atoms with E-state index in [0.29, 0.717) is 17.7 Å². The first-order chi connectivity index (χ1) is 18.7. The van der Waals surface area contributed by atoms with Gasteiger partial charge in [0.2, 0.25) is 0 Å². The number of hydrogen-bond acceptors (Lipinski definition) is 7. The Morgan fingerprint density at radius 2 is 1.76 bits per heavy atom. The van der Waals surface area contributed by atoms with Gasteiger partial charge >= 0.3 is 5.97 Å². The zero-order valence-electron chi connectivity index (χ0n) is 24.3. The van der Waals surface area contributed by atoms with Crippen molar-refractivity contribution in [1.29, 1.82) is 5.41 Å². The van der Waals surface area contributed by atoms with Gasteiger partial charge in [-0.05, 0) is 49.9 Å². The summed E-state index contributed by atoms with van der Waals surface area (Å²) in [6.07, 6.45) is 0. The molecule has 3 rings (SSSR count). The predicted octanol–water partition coefficient (Wildman–Crippen LogP) is 4.73. The lowest BCUT2D eigenvalue weighted by molar-refractivity contribution is -0.138. The molecule has 0 aliphatic carbocycles. The van der Waals surface area contributed by atoms with Crippen molar-refractivity contribution in [3.8, 4) is 17.2 Å². The number of rotatable bonds is 11. The Hall–Kier alpha value is -3.67. The third kappa shape index (κ3) is 6.98. The highest BCUT2D eigenvalue weighted by atomic mass is 79.9. The molecule has 0 aromatic heterocycles. The van der Waals surface area contributed by atoms with Crippen molar-refractivity contribution in [3.63, 3.8) is 0 Å². The molecule has 2 aromatic carbocycles. The van der Waals surface area contributed by atoms with Crippen molar-refractivity contribution >= 4 is 40.5 Å². The van der Waals surface area contributed by atoms with Crippen LogP contribution in [-0.4, -0.2) is 66.4 Å². The summed E-state index contributed by atoms with van der Waals surface area (Å²) in [5, 5.41) is 20.3. The largest absolute Gasteiger partial charge is 0.496 e. The highest BCUT2D eigenvalue weighted by molar-refractivity contribution is 8.93. The molecule has 1 atom stereocenters. The summed E-state index contributed by atoms with van der Waals surface area (Å²) in [5.41, 5.74) is 0.762. The molecule has 41 heavy (non-hydrogen) atoms. The van der Waals surface area contributed by atoms with Crippen LogP contribution in [0.5, 0.6) is 17.2 Å². The van der Waals surface area contributed by atoms with Crippen LogP contribution in [0.3, 0.4) is 0 Å². The molecule has 0 radical (unpaired) electrons. The molecular formula is C29H37BrFN3O7. The standard InChI is InChI=1S/C29H36FN3O7.BrH/c1-8-39-21-12-17-13-33(26(31)22(17)23(30)25(21)40-9-2)14-20(34)16-10-18(27(35)32-15(3)28(36)37)24(38-7)19(11-16)29(4,5)6;/h10-12,15,31H,8-9,13-14H2,1-7H3,(H,32,35)(H,36,37);1H. The van der Waals surface area contributed by atoms with Crippen LogP contribution in [0.25, 0.3) is 0 Å². The number of halogens is 2. The first-order valence-electron chi connectivity index (χ1n) is 13.0. The Balaban J connectivity index is 0.00000588. The minimum Gasteiger partial charge on any atom is -0.496 e. The van der Waals surface area contributed by atoms with Crippen LogP contribution >= 0.6 is 17.0 Å². The summed E-state index contributed by atoms with van der Waals surface area (Å²) in [5.74, 6) is -2.82. The van der Waals surface area contributed by atoms with E-state index in [1.54, 1.807) is 26.0 Å². The monoisotopic (exact) mass is 637 g/mol. The van der Waals surface area contributed by atoms with Crippen molar-refractivity contribution in [2.75, 3.05) is 26.9 Å². The number of ether oxygens (including phenoxy) is 3. The lowest BCUT2D eigenvalue weighted by atomic mass is 9.83. The number of carboxylic acids is 1. The second kappa shape index (κ2) is 13.3. The molecule has 1 heterocycles. The molecule has 1 aliphatic heterocycles. The number of hydrogen-bond donors (Lipinski definition) is 3. The second-order valence-corrected chi connectivity index (χ2v) is 10.4. The number of benzene rings is 2. The maximum Gasteiger partial charge on any atom is 0.325 e. The van der Waals surface area contributed by atoms with E-state index in [0.717, 1.165) is 0 Å². The fourth-order valence-electron chi connectivity index (χ4n) is 4.49. The number of nitrogens with one attached hydrogen (secondary N) is 2. The normalized spacial score (nSPS) is 13.2. The summed E-state index contributed by atoms with van der Waals surface area (Å²) >= 11 is 0. The fraction of sp³-hybridized carbons (Fsp3) is 0.448. The third-order valence-electron chi connectivity index (χ3n) is 6.49. The molecule has 224 valence electrons. The Morgan fingerprint density at radius 3 is 2.29 bits per heavy atom. The summed E-state index contributed by atoms with van der Waals surface area (Å²) in [7, 11) is 1.40. The predicted molar refractivity (Wildman–Crippen MR) is 157 cm³/mol. The first-order valence-corrected chi connectivity index (χ1v) is 13.0. The number of Topliss-reactive ketones (excluding diaryl/α,β-unsaturated/α-hetero) is 1. The Morgan fingerprint density at radius 1 is 1.12 bits per heavy atom. The smallest absolute Gasteiger partial charge is 0.325 e. The molecule has 0 saturated heterocycles. The number of nitrogens with zero attached hydrogens (tertiary/aromatic N) is 1. The van der Waals surface area contributed by atoms with Crippen LogP contribution in [0.2, 0.25) is 0 Å². The molecule has 2 aromatic rings. The lowest BCUT2D eigenvalue weighted by Crippen LogP contribution is -2.38. The van der Waals surface area contributed by atoms with E-state index in [2.05, 4.69) is 5.32 Å². The number of aliphatic carboxylic acids is 1. The molecule has 1 unspecified atom stereocenters. The zero-order valence-corrected chi connectivity index (χ0v) is 26.0. The molecule has 1 aliphatic rings. The van der Waals surface area contributed by atoms with Gasteiger partial charge in [-0.1, -0.05) is 20.8 Å². The molecule has 12 heteroatoms. The van der Waals surface area contributed by atoms with E-state index in [9.17, 15) is 19.5 Å². The van der Waals surface area contributed by atoms with Gasteiger partial charge < -0.3 is 29.5 Å².